The lowest BCUT2D eigenvalue weighted by atomic mass is 9.97. The van der Waals surface area contributed by atoms with E-state index in [1.807, 2.05) is 61.6 Å². The van der Waals surface area contributed by atoms with Gasteiger partial charge in [0.05, 0.1) is 41.2 Å². The molecule has 0 aliphatic carbocycles. The van der Waals surface area contributed by atoms with Gasteiger partial charge in [-0.3, -0.25) is 9.36 Å². The standard InChI is InChI=1S/C36H36ClN5O4S/c1-20-31-32-29(37)13-12-28-27(35(36(43)44)40(3)34(28)32)11-8-14-45-30-17-25(15-22-9-6-7-10-26(22)30)47-19-24-16-23(38-42(24)5)18-46-21(2)33(31)39-41(20)4/h6-7,9-10,12-13,15-17,21H,8,11,14,18-19H2,1-5H3,(H,43,44). The van der Waals surface area contributed by atoms with Crippen LogP contribution in [0.3, 0.4) is 0 Å². The average Bonchev–Trinajstić information content (AvgIpc) is 3.66. The lowest BCUT2D eigenvalue weighted by molar-refractivity contribution is 0.0475. The Balaban J connectivity index is 1.38. The molecule has 0 spiro atoms. The molecule has 0 saturated heterocycles. The number of carboxylic acids is 1. The van der Waals surface area contributed by atoms with Crippen LogP contribution in [0.25, 0.3) is 32.8 Å². The molecule has 0 amide bonds. The Morgan fingerprint density at radius 3 is 2.64 bits per heavy atom. The van der Waals surface area contributed by atoms with E-state index in [0.29, 0.717) is 31.1 Å². The zero-order chi connectivity index (χ0) is 33.0. The molecule has 9 nitrogen and oxygen atoms in total. The van der Waals surface area contributed by atoms with E-state index in [1.165, 1.54) is 0 Å². The molecular formula is C36H36ClN5O4S. The van der Waals surface area contributed by atoms with Crippen LogP contribution in [0, 0.1) is 6.92 Å². The second-order valence-corrected chi connectivity index (χ2v) is 13.5. The van der Waals surface area contributed by atoms with Gasteiger partial charge in [0.2, 0.25) is 0 Å². The minimum absolute atomic E-state index is 0.243. The number of carboxylic acid groups (broad SMARTS) is 1. The van der Waals surface area contributed by atoms with E-state index < -0.39 is 12.1 Å². The molecule has 1 aliphatic heterocycles. The van der Waals surface area contributed by atoms with Gasteiger partial charge in [-0.1, -0.05) is 41.9 Å². The number of halogens is 1. The molecule has 0 radical (unpaired) electrons. The van der Waals surface area contributed by atoms with Crippen LogP contribution >= 0.6 is 23.4 Å². The summed E-state index contributed by atoms with van der Waals surface area (Å²) in [5.41, 5.74) is 6.91. The third-order valence-electron chi connectivity index (χ3n) is 9.13. The fourth-order valence-corrected chi connectivity index (χ4v) is 7.93. The van der Waals surface area contributed by atoms with E-state index >= 15 is 0 Å². The van der Waals surface area contributed by atoms with E-state index in [0.717, 1.165) is 77.5 Å². The summed E-state index contributed by atoms with van der Waals surface area (Å²) in [5.74, 6) is 0.563. The van der Waals surface area contributed by atoms with Crippen LogP contribution in [0.4, 0.5) is 0 Å². The fourth-order valence-electron chi connectivity index (χ4n) is 6.70. The van der Waals surface area contributed by atoms with Gasteiger partial charge in [-0.05, 0) is 61.9 Å². The maximum absolute atomic E-state index is 12.8. The predicted octanol–water partition coefficient (Wildman–Crippen LogP) is 8.02. The highest BCUT2D eigenvalue weighted by molar-refractivity contribution is 7.98. The zero-order valence-corrected chi connectivity index (χ0v) is 28.6. The Morgan fingerprint density at radius 1 is 1.02 bits per heavy atom. The number of ether oxygens (including phenoxy) is 2. The Kier molecular flexibility index (Phi) is 8.28. The van der Waals surface area contributed by atoms with Crippen molar-refractivity contribution in [2.24, 2.45) is 21.1 Å². The number of hydrogen-bond donors (Lipinski definition) is 1. The van der Waals surface area contributed by atoms with Crippen LogP contribution in [-0.4, -0.2) is 41.8 Å². The van der Waals surface area contributed by atoms with Gasteiger partial charge in [0.1, 0.15) is 11.4 Å². The Morgan fingerprint density at radius 2 is 1.83 bits per heavy atom. The average molecular weight is 670 g/mol. The topological polar surface area (TPSA) is 96.3 Å². The van der Waals surface area contributed by atoms with Crippen LogP contribution in [0.5, 0.6) is 5.75 Å². The fraction of sp³-hybridized carbons (Fsp3) is 0.306. The van der Waals surface area contributed by atoms with E-state index in [9.17, 15) is 9.90 Å². The minimum Gasteiger partial charge on any atom is -0.493 e. The van der Waals surface area contributed by atoms with E-state index in [-0.39, 0.29) is 5.69 Å². The summed E-state index contributed by atoms with van der Waals surface area (Å²) >= 11 is 8.72. The molecule has 11 heteroatoms. The van der Waals surface area contributed by atoms with Crippen molar-refractivity contribution in [3.63, 3.8) is 0 Å². The SMILES string of the molecule is Cc1c2c(nn1C)C(C)OCc1cc(n(C)n1)CSc1cc(c3ccccc3c1)OCCCc1c(C(=O)O)n(C)c3c-2c(Cl)ccc13. The molecule has 1 unspecified atom stereocenters. The van der Waals surface area contributed by atoms with Gasteiger partial charge in [0.25, 0.3) is 0 Å². The molecule has 242 valence electrons. The summed E-state index contributed by atoms with van der Waals surface area (Å²) in [7, 11) is 5.65. The largest absolute Gasteiger partial charge is 0.493 e. The highest BCUT2D eigenvalue weighted by atomic mass is 35.5. The number of carbonyl (C=O) groups is 1. The van der Waals surface area contributed by atoms with Crippen molar-refractivity contribution in [2.45, 2.75) is 50.0 Å². The molecule has 1 aliphatic rings. The molecule has 3 aromatic heterocycles. The number of aryl methyl sites for hydroxylation is 4. The van der Waals surface area contributed by atoms with Gasteiger partial charge in [-0.25, -0.2) is 4.79 Å². The second-order valence-electron chi connectivity index (χ2n) is 12.1. The smallest absolute Gasteiger partial charge is 0.352 e. The van der Waals surface area contributed by atoms with Crippen LogP contribution < -0.4 is 4.74 Å². The molecule has 3 aromatic carbocycles. The third kappa shape index (κ3) is 5.58. The molecule has 0 fully saturated rings. The van der Waals surface area contributed by atoms with Gasteiger partial charge in [-0.15, -0.1) is 11.8 Å². The van der Waals surface area contributed by atoms with Crippen LogP contribution in [0.2, 0.25) is 5.02 Å². The van der Waals surface area contributed by atoms with Crippen molar-refractivity contribution < 1.29 is 19.4 Å². The first-order valence-corrected chi connectivity index (χ1v) is 17.0. The molecule has 8 bridgehead atoms. The van der Waals surface area contributed by atoms with Crippen molar-refractivity contribution >= 4 is 51.0 Å². The van der Waals surface area contributed by atoms with Gasteiger partial charge in [0, 0.05) is 65.1 Å². The number of fused-ring (bicyclic) bond motifs is 8. The summed E-state index contributed by atoms with van der Waals surface area (Å²) in [6.07, 6.45) is 0.757. The summed E-state index contributed by atoms with van der Waals surface area (Å²) < 4.78 is 18.3. The van der Waals surface area contributed by atoms with Gasteiger partial charge >= 0.3 is 5.97 Å². The molecular weight excluding hydrogens is 634 g/mol. The quantitative estimate of drug-likeness (QED) is 0.189. The van der Waals surface area contributed by atoms with E-state index in [2.05, 4.69) is 30.3 Å². The molecule has 0 saturated carbocycles. The summed E-state index contributed by atoms with van der Waals surface area (Å²) in [6, 6.07) is 18.4. The molecule has 1 N–H and O–H groups in total. The first kappa shape index (κ1) is 31.4. The van der Waals surface area contributed by atoms with Crippen molar-refractivity contribution in [3.05, 3.63) is 93.7 Å². The number of rotatable bonds is 1. The number of aromatic nitrogens is 5. The first-order valence-electron chi connectivity index (χ1n) is 15.6. The maximum Gasteiger partial charge on any atom is 0.352 e. The number of nitrogens with zero attached hydrogens (tertiary/aromatic N) is 5. The van der Waals surface area contributed by atoms with Gasteiger partial charge in [0.15, 0.2) is 0 Å². The van der Waals surface area contributed by atoms with Gasteiger partial charge < -0.3 is 19.1 Å². The Bertz CT molecular complexity index is 2180. The summed E-state index contributed by atoms with van der Waals surface area (Å²) in [6.45, 7) is 4.71. The molecule has 1 atom stereocenters. The second kappa shape index (κ2) is 12.4. The summed E-state index contributed by atoms with van der Waals surface area (Å²) in [4.78, 5) is 13.9. The van der Waals surface area contributed by atoms with Crippen molar-refractivity contribution in [1.82, 2.24) is 24.1 Å². The monoisotopic (exact) mass is 669 g/mol. The Hall–Kier alpha value is -4.25. The minimum atomic E-state index is -0.985. The van der Waals surface area contributed by atoms with Crippen LogP contribution in [0.15, 0.2) is 59.5 Å². The predicted molar refractivity (Wildman–Crippen MR) is 186 cm³/mol. The molecule has 47 heavy (non-hydrogen) atoms. The van der Waals surface area contributed by atoms with Crippen molar-refractivity contribution in [2.75, 3.05) is 6.61 Å². The normalized spacial score (nSPS) is 15.8. The number of thioether (sulfide) groups is 1. The number of hydrogen-bond acceptors (Lipinski definition) is 6. The van der Waals surface area contributed by atoms with E-state index in [4.69, 9.17) is 31.3 Å². The van der Waals surface area contributed by atoms with Crippen LogP contribution in [-0.2, 0) is 44.7 Å². The van der Waals surface area contributed by atoms with Gasteiger partial charge in [-0.2, -0.15) is 10.2 Å². The molecule has 7 rings (SSSR count). The summed E-state index contributed by atoms with van der Waals surface area (Å²) in [5, 5.41) is 23.6. The maximum atomic E-state index is 12.8. The van der Waals surface area contributed by atoms with Crippen molar-refractivity contribution in [3.8, 4) is 16.9 Å². The highest BCUT2D eigenvalue weighted by Crippen LogP contribution is 2.43. The van der Waals surface area contributed by atoms with Crippen LogP contribution in [0.1, 0.15) is 58.3 Å². The third-order valence-corrected chi connectivity index (χ3v) is 10.5. The number of benzene rings is 3. The lowest BCUT2D eigenvalue weighted by Gasteiger charge is -2.15. The van der Waals surface area contributed by atoms with E-state index in [1.54, 1.807) is 23.4 Å². The Labute approximate surface area is 282 Å². The number of aromatic carboxylic acids is 1. The van der Waals surface area contributed by atoms with Crippen molar-refractivity contribution in [1.29, 1.82) is 0 Å². The highest BCUT2D eigenvalue weighted by Gasteiger charge is 2.29. The first-order chi connectivity index (χ1) is 22.6. The lowest BCUT2D eigenvalue weighted by Crippen LogP contribution is -2.09. The molecule has 6 aromatic rings. The zero-order valence-electron chi connectivity index (χ0n) is 27.0. The molecule has 4 heterocycles.